The van der Waals surface area contributed by atoms with E-state index in [1.165, 1.54) is 22.2 Å². The molecule has 1 atom stereocenters. The van der Waals surface area contributed by atoms with Crippen LogP contribution in [0.25, 0.3) is 0 Å². The lowest BCUT2D eigenvalue weighted by Gasteiger charge is -2.21. The molecule has 5 heteroatoms. The lowest BCUT2D eigenvalue weighted by molar-refractivity contribution is -0.147. The van der Waals surface area contributed by atoms with Crippen molar-refractivity contribution < 1.29 is 14.7 Å². The van der Waals surface area contributed by atoms with Crippen molar-refractivity contribution >= 4 is 23.6 Å². The fourth-order valence-electron chi connectivity index (χ4n) is 2.51. The van der Waals surface area contributed by atoms with Gasteiger partial charge in [-0.15, -0.1) is 11.8 Å². The number of likely N-dealkylation sites (tertiary alicyclic amines) is 1. The Morgan fingerprint density at radius 3 is 2.80 bits per heavy atom. The first kappa shape index (κ1) is 14.9. The summed E-state index contributed by atoms with van der Waals surface area (Å²) in [5.41, 5.74) is 2.35. The first-order valence-electron chi connectivity index (χ1n) is 6.71. The minimum atomic E-state index is -0.896. The van der Waals surface area contributed by atoms with Gasteiger partial charge in [0.05, 0.1) is 5.75 Å². The van der Waals surface area contributed by atoms with E-state index in [0.29, 0.717) is 18.7 Å². The zero-order chi connectivity index (χ0) is 14.7. The highest BCUT2D eigenvalue weighted by molar-refractivity contribution is 8.00. The van der Waals surface area contributed by atoms with Crippen LogP contribution in [0.15, 0.2) is 23.1 Å². The van der Waals surface area contributed by atoms with E-state index in [1.807, 2.05) is 26.0 Å². The van der Waals surface area contributed by atoms with Gasteiger partial charge in [-0.3, -0.25) is 4.79 Å². The maximum absolute atomic E-state index is 12.2. The summed E-state index contributed by atoms with van der Waals surface area (Å²) >= 11 is 1.48. The van der Waals surface area contributed by atoms with Crippen molar-refractivity contribution in [1.29, 1.82) is 0 Å². The lowest BCUT2D eigenvalue weighted by Crippen LogP contribution is -2.41. The molecule has 1 amide bonds. The summed E-state index contributed by atoms with van der Waals surface area (Å²) in [4.78, 5) is 25.8. The molecule has 0 unspecified atom stereocenters. The summed E-state index contributed by atoms with van der Waals surface area (Å²) < 4.78 is 0. The molecule has 1 N–H and O–H groups in total. The minimum Gasteiger partial charge on any atom is -0.480 e. The van der Waals surface area contributed by atoms with E-state index in [-0.39, 0.29) is 5.91 Å². The van der Waals surface area contributed by atoms with Crippen LogP contribution in [-0.4, -0.2) is 40.2 Å². The predicted octanol–water partition coefficient (Wildman–Crippen LogP) is 2.47. The van der Waals surface area contributed by atoms with E-state index in [4.69, 9.17) is 5.11 Å². The third-order valence-corrected chi connectivity index (χ3v) is 4.70. The molecule has 1 aliphatic heterocycles. The maximum atomic E-state index is 12.2. The number of thioether (sulfide) groups is 1. The molecule has 1 heterocycles. The highest BCUT2D eigenvalue weighted by Gasteiger charge is 2.33. The summed E-state index contributed by atoms with van der Waals surface area (Å²) in [6.07, 6.45) is 1.34. The van der Waals surface area contributed by atoms with Crippen LogP contribution in [-0.2, 0) is 9.59 Å². The number of benzene rings is 1. The molecule has 0 aliphatic carbocycles. The zero-order valence-electron chi connectivity index (χ0n) is 11.8. The average molecular weight is 293 g/mol. The van der Waals surface area contributed by atoms with Crippen LogP contribution in [0, 0.1) is 13.8 Å². The average Bonchev–Trinajstić information content (AvgIpc) is 2.86. The monoisotopic (exact) mass is 293 g/mol. The van der Waals surface area contributed by atoms with Gasteiger partial charge in [-0.2, -0.15) is 0 Å². The molecule has 108 valence electrons. The van der Waals surface area contributed by atoms with Crippen molar-refractivity contribution in [3.63, 3.8) is 0 Å². The van der Waals surface area contributed by atoms with Crippen LogP contribution in [0.3, 0.4) is 0 Å². The van der Waals surface area contributed by atoms with Crippen LogP contribution in [0.1, 0.15) is 24.0 Å². The second kappa shape index (κ2) is 6.31. The van der Waals surface area contributed by atoms with Crippen LogP contribution >= 0.6 is 11.8 Å². The summed E-state index contributed by atoms with van der Waals surface area (Å²) in [6, 6.07) is 5.49. The standard InChI is InChI=1S/C15H19NO3S/c1-10-5-6-13(11(2)8-10)20-9-14(17)16-7-3-4-12(16)15(18)19/h5-6,8,12H,3-4,7,9H2,1-2H3,(H,18,19)/t12-/m0/s1. The van der Waals surface area contributed by atoms with E-state index >= 15 is 0 Å². The Labute approximate surface area is 123 Å². The number of rotatable bonds is 4. The number of carbonyl (C=O) groups excluding carboxylic acids is 1. The molecular weight excluding hydrogens is 274 g/mol. The maximum Gasteiger partial charge on any atom is 0.326 e. The first-order valence-corrected chi connectivity index (χ1v) is 7.70. The summed E-state index contributed by atoms with van der Waals surface area (Å²) in [5, 5.41) is 9.09. The van der Waals surface area contributed by atoms with Gasteiger partial charge in [-0.1, -0.05) is 17.7 Å². The third kappa shape index (κ3) is 3.33. The third-order valence-electron chi connectivity index (χ3n) is 3.54. The topological polar surface area (TPSA) is 57.6 Å². The van der Waals surface area contributed by atoms with Crippen molar-refractivity contribution in [1.82, 2.24) is 4.90 Å². The number of carboxylic acid groups (broad SMARTS) is 1. The largest absolute Gasteiger partial charge is 0.480 e. The van der Waals surface area contributed by atoms with Crippen molar-refractivity contribution in [2.75, 3.05) is 12.3 Å². The Kier molecular flexibility index (Phi) is 4.70. The molecule has 1 aromatic carbocycles. The molecular formula is C15H19NO3S. The Bertz CT molecular complexity index is 530. The van der Waals surface area contributed by atoms with Crippen molar-refractivity contribution in [3.05, 3.63) is 29.3 Å². The number of aryl methyl sites for hydroxylation is 2. The molecule has 1 fully saturated rings. The van der Waals surface area contributed by atoms with Crippen LogP contribution in [0.4, 0.5) is 0 Å². The number of nitrogens with zero attached hydrogens (tertiary/aromatic N) is 1. The summed E-state index contributed by atoms with van der Waals surface area (Å²) in [6.45, 7) is 4.62. The molecule has 0 spiro atoms. The number of amides is 1. The van der Waals surface area contributed by atoms with Crippen molar-refractivity contribution in [3.8, 4) is 0 Å². The fourth-order valence-corrected chi connectivity index (χ4v) is 3.40. The van der Waals surface area contributed by atoms with E-state index in [9.17, 15) is 9.59 Å². The van der Waals surface area contributed by atoms with Gasteiger partial charge in [-0.05, 0) is 38.3 Å². The van der Waals surface area contributed by atoms with Gasteiger partial charge in [0.25, 0.3) is 0 Å². The van der Waals surface area contributed by atoms with Crippen molar-refractivity contribution in [2.45, 2.75) is 37.6 Å². The number of carboxylic acids is 1. The quantitative estimate of drug-likeness (QED) is 0.866. The molecule has 0 aromatic heterocycles. The highest BCUT2D eigenvalue weighted by atomic mass is 32.2. The summed E-state index contributed by atoms with van der Waals surface area (Å²) in [7, 11) is 0. The van der Waals surface area contributed by atoms with Crippen molar-refractivity contribution in [2.24, 2.45) is 0 Å². The second-order valence-electron chi connectivity index (χ2n) is 5.14. The lowest BCUT2D eigenvalue weighted by atomic mass is 10.2. The Hall–Kier alpha value is -1.49. The summed E-state index contributed by atoms with van der Waals surface area (Å²) in [5.74, 6) is -0.680. The molecule has 0 bridgehead atoms. The van der Waals surface area contributed by atoms with Gasteiger partial charge in [0.2, 0.25) is 5.91 Å². The Balaban J connectivity index is 1.96. The molecule has 0 saturated carbocycles. The Morgan fingerprint density at radius 2 is 2.15 bits per heavy atom. The predicted molar refractivity (Wildman–Crippen MR) is 79.0 cm³/mol. The van der Waals surface area contributed by atoms with Gasteiger partial charge in [0.15, 0.2) is 0 Å². The number of carbonyl (C=O) groups is 2. The first-order chi connectivity index (χ1) is 9.49. The van der Waals surface area contributed by atoms with E-state index < -0.39 is 12.0 Å². The molecule has 1 aromatic rings. The zero-order valence-corrected chi connectivity index (χ0v) is 12.6. The smallest absolute Gasteiger partial charge is 0.326 e. The van der Waals surface area contributed by atoms with Crippen LogP contribution in [0.2, 0.25) is 0 Å². The molecule has 0 radical (unpaired) electrons. The number of hydrogen-bond donors (Lipinski definition) is 1. The van der Waals surface area contributed by atoms with Gasteiger partial charge in [-0.25, -0.2) is 4.79 Å². The van der Waals surface area contributed by atoms with E-state index in [2.05, 4.69) is 6.07 Å². The van der Waals surface area contributed by atoms with Gasteiger partial charge >= 0.3 is 5.97 Å². The molecule has 4 nitrogen and oxygen atoms in total. The van der Waals surface area contributed by atoms with Gasteiger partial charge in [0, 0.05) is 11.4 Å². The van der Waals surface area contributed by atoms with Crippen LogP contribution < -0.4 is 0 Å². The molecule has 2 rings (SSSR count). The number of hydrogen-bond acceptors (Lipinski definition) is 3. The second-order valence-corrected chi connectivity index (χ2v) is 6.16. The van der Waals surface area contributed by atoms with Crippen LogP contribution in [0.5, 0.6) is 0 Å². The fraction of sp³-hybridized carbons (Fsp3) is 0.467. The molecule has 1 aliphatic rings. The van der Waals surface area contributed by atoms with Gasteiger partial charge in [0.1, 0.15) is 6.04 Å². The van der Waals surface area contributed by atoms with E-state index in [0.717, 1.165) is 16.9 Å². The SMILES string of the molecule is Cc1ccc(SCC(=O)N2CCC[C@H]2C(=O)O)c(C)c1. The molecule has 1 saturated heterocycles. The highest BCUT2D eigenvalue weighted by Crippen LogP contribution is 2.25. The number of aliphatic carboxylic acids is 1. The van der Waals surface area contributed by atoms with Gasteiger partial charge < -0.3 is 10.0 Å². The molecule has 20 heavy (non-hydrogen) atoms. The minimum absolute atomic E-state index is 0.0834. The normalized spacial score (nSPS) is 18.3. The van der Waals surface area contributed by atoms with E-state index in [1.54, 1.807) is 0 Å². The Morgan fingerprint density at radius 1 is 1.40 bits per heavy atom.